The van der Waals surface area contributed by atoms with Crippen LogP contribution < -0.4 is 5.73 Å². The van der Waals surface area contributed by atoms with E-state index in [9.17, 15) is 4.79 Å². The van der Waals surface area contributed by atoms with Gasteiger partial charge in [0.05, 0.1) is 18.3 Å². The highest BCUT2D eigenvalue weighted by molar-refractivity contribution is 5.97. The van der Waals surface area contributed by atoms with Crippen LogP contribution in [0.4, 0.5) is 0 Å². The molecule has 1 fully saturated rings. The number of amides is 1. The monoisotopic (exact) mass is 335 g/mol. The summed E-state index contributed by atoms with van der Waals surface area (Å²) in [6, 6.07) is 12.0. The summed E-state index contributed by atoms with van der Waals surface area (Å²) in [6.07, 6.45) is 4.41. The third kappa shape index (κ3) is 3.13. The zero-order valence-corrected chi connectivity index (χ0v) is 14.0. The van der Waals surface area contributed by atoms with Crippen LogP contribution in [0.5, 0.6) is 0 Å². The van der Waals surface area contributed by atoms with Crippen LogP contribution >= 0.6 is 0 Å². The second-order valence-corrected chi connectivity index (χ2v) is 6.57. The van der Waals surface area contributed by atoms with E-state index in [-0.39, 0.29) is 5.91 Å². The van der Waals surface area contributed by atoms with Crippen LogP contribution in [0, 0.1) is 5.92 Å². The summed E-state index contributed by atoms with van der Waals surface area (Å²) < 4.78 is 1.86. The van der Waals surface area contributed by atoms with Crippen molar-refractivity contribution in [2.24, 2.45) is 11.7 Å². The lowest BCUT2D eigenvalue weighted by atomic mass is 10.1. The highest BCUT2D eigenvalue weighted by Gasteiger charge is 2.26. The number of nitrogens with two attached hydrogens (primary N) is 1. The molecule has 3 aromatic rings. The fourth-order valence-electron chi connectivity index (χ4n) is 3.35. The Hall–Kier alpha value is -2.73. The Balaban J connectivity index is 1.56. The molecule has 6 nitrogen and oxygen atoms in total. The Labute approximate surface area is 146 Å². The number of carbonyl (C=O) groups excluding carboxylic acids is 1. The zero-order valence-electron chi connectivity index (χ0n) is 14.0. The molecule has 0 saturated carbocycles. The maximum absolute atomic E-state index is 12.7. The number of rotatable bonds is 4. The van der Waals surface area contributed by atoms with Crippen molar-refractivity contribution in [2.45, 2.75) is 13.0 Å². The third-order valence-corrected chi connectivity index (χ3v) is 4.80. The summed E-state index contributed by atoms with van der Waals surface area (Å²) in [4.78, 5) is 19.0. The minimum atomic E-state index is 0.0289. The van der Waals surface area contributed by atoms with Crippen LogP contribution in [0.25, 0.3) is 11.0 Å². The highest BCUT2D eigenvalue weighted by Crippen LogP contribution is 2.20. The topological polar surface area (TPSA) is 77.0 Å². The first-order valence-electron chi connectivity index (χ1n) is 8.59. The quantitative estimate of drug-likeness (QED) is 0.790. The molecular formula is C19H21N5O. The number of aromatic nitrogens is 3. The number of fused-ring (bicyclic) bond motifs is 1. The molecule has 0 bridgehead atoms. The SMILES string of the molecule is NC[C@@H]1CCN(C(=O)c2cnc3c(cnn3Cc3ccccc3)c2)C1. The van der Waals surface area contributed by atoms with E-state index in [0.29, 0.717) is 24.6 Å². The van der Waals surface area contributed by atoms with Gasteiger partial charge in [-0.25, -0.2) is 9.67 Å². The van der Waals surface area contributed by atoms with Crippen molar-refractivity contribution in [3.05, 3.63) is 59.9 Å². The lowest BCUT2D eigenvalue weighted by molar-refractivity contribution is 0.0787. The predicted molar refractivity (Wildman–Crippen MR) is 96.1 cm³/mol. The summed E-state index contributed by atoms with van der Waals surface area (Å²) in [5, 5.41) is 5.31. The molecule has 2 N–H and O–H groups in total. The van der Waals surface area contributed by atoms with E-state index in [2.05, 4.69) is 22.2 Å². The molecule has 1 aromatic carbocycles. The maximum Gasteiger partial charge on any atom is 0.255 e. The van der Waals surface area contributed by atoms with Crippen LogP contribution in [0.3, 0.4) is 0 Å². The van der Waals surface area contributed by atoms with Gasteiger partial charge in [0.2, 0.25) is 0 Å². The second kappa shape index (κ2) is 6.64. The fourth-order valence-corrected chi connectivity index (χ4v) is 3.35. The van der Waals surface area contributed by atoms with E-state index in [1.807, 2.05) is 33.8 Å². The van der Waals surface area contributed by atoms with E-state index >= 15 is 0 Å². The molecule has 1 saturated heterocycles. The van der Waals surface area contributed by atoms with Gasteiger partial charge in [-0.3, -0.25) is 4.79 Å². The Bertz CT molecular complexity index is 889. The van der Waals surface area contributed by atoms with Gasteiger partial charge in [0.25, 0.3) is 5.91 Å². The maximum atomic E-state index is 12.7. The molecule has 1 aliphatic heterocycles. The Kier molecular flexibility index (Phi) is 4.19. The molecule has 6 heteroatoms. The van der Waals surface area contributed by atoms with Gasteiger partial charge in [-0.15, -0.1) is 0 Å². The first-order valence-corrected chi connectivity index (χ1v) is 8.59. The number of hydrogen-bond donors (Lipinski definition) is 1. The number of nitrogens with zero attached hydrogens (tertiary/aromatic N) is 4. The van der Waals surface area contributed by atoms with Crippen molar-refractivity contribution in [2.75, 3.05) is 19.6 Å². The third-order valence-electron chi connectivity index (χ3n) is 4.80. The predicted octanol–water partition coefficient (Wildman–Crippen LogP) is 1.90. The van der Waals surface area contributed by atoms with Gasteiger partial charge in [-0.1, -0.05) is 30.3 Å². The number of pyridine rings is 1. The molecule has 128 valence electrons. The van der Waals surface area contributed by atoms with Crippen molar-refractivity contribution in [1.29, 1.82) is 0 Å². The van der Waals surface area contributed by atoms with E-state index in [1.54, 1.807) is 12.4 Å². The van der Waals surface area contributed by atoms with Gasteiger partial charge >= 0.3 is 0 Å². The summed E-state index contributed by atoms with van der Waals surface area (Å²) in [5.74, 6) is 0.440. The van der Waals surface area contributed by atoms with Crippen LogP contribution in [0.15, 0.2) is 48.8 Å². The van der Waals surface area contributed by atoms with E-state index in [4.69, 9.17) is 5.73 Å². The average molecular weight is 335 g/mol. The van der Waals surface area contributed by atoms with E-state index in [0.717, 1.165) is 30.5 Å². The summed E-state index contributed by atoms with van der Waals surface area (Å²) >= 11 is 0. The van der Waals surface area contributed by atoms with E-state index in [1.165, 1.54) is 5.56 Å². The lowest BCUT2D eigenvalue weighted by Crippen LogP contribution is -2.29. The van der Waals surface area contributed by atoms with Crippen molar-refractivity contribution in [1.82, 2.24) is 19.7 Å². The van der Waals surface area contributed by atoms with Gasteiger partial charge < -0.3 is 10.6 Å². The Morgan fingerprint density at radius 3 is 2.84 bits per heavy atom. The Morgan fingerprint density at radius 1 is 1.24 bits per heavy atom. The largest absolute Gasteiger partial charge is 0.338 e. The van der Waals surface area contributed by atoms with E-state index < -0.39 is 0 Å². The van der Waals surface area contributed by atoms with Crippen LogP contribution in [-0.4, -0.2) is 45.2 Å². The van der Waals surface area contributed by atoms with Crippen LogP contribution in [-0.2, 0) is 6.54 Å². The fraction of sp³-hybridized carbons (Fsp3) is 0.316. The summed E-state index contributed by atoms with van der Waals surface area (Å²) in [7, 11) is 0. The van der Waals surface area contributed by atoms with Gasteiger partial charge in [0.15, 0.2) is 5.65 Å². The Morgan fingerprint density at radius 2 is 2.08 bits per heavy atom. The minimum Gasteiger partial charge on any atom is -0.338 e. The molecule has 0 aliphatic carbocycles. The molecule has 2 aromatic heterocycles. The lowest BCUT2D eigenvalue weighted by Gasteiger charge is -2.16. The first-order chi connectivity index (χ1) is 12.2. The number of likely N-dealkylation sites (tertiary alicyclic amines) is 1. The van der Waals surface area contributed by atoms with Crippen molar-refractivity contribution < 1.29 is 4.79 Å². The van der Waals surface area contributed by atoms with Gasteiger partial charge in [-0.2, -0.15) is 5.10 Å². The first kappa shape index (κ1) is 15.8. The second-order valence-electron chi connectivity index (χ2n) is 6.57. The number of carbonyl (C=O) groups is 1. The van der Waals surface area contributed by atoms with Crippen molar-refractivity contribution in [3.63, 3.8) is 0 Å². The smallest absolute Gasteiger partial charge is 0.255 e. The van der Waals surface area contributed by atoms with Crippen LogP contribution in [0.2, 0.25) is 0 Å². The molecule has 1 amide bonds. The van der Waals surface area contributed by atoms with Crippen molar-refractivity contribution >= 4 is 16.9 Å². The van der Waals surface area contributed by atoms with Gasteiger partial charge in [0, 0.05) is 24.7 Å². The van der Waals surface area contributed by atoms with Gasteiger partial charge in [-0.05, 0) is 30.5 Å². The normalized spacial score (nSPS) is 17.3. The number of benzene rings is 1. The summed E-state index contributed by atoms with van der Waals surface area (Å²) in [6.45, 7) is 2.80. The molecule has 0 radical (unpaired) electrons. The molecule has 25 heavy (non-hydrogen) atoms. The minimum absolute atomic E-state index is 0.0289. The average Bonchev–Trinajstić information content (AvgIpc) is 3.29. The molecule has 0 unspecified atom stereocenters. The molecule has 3 heterocycles. The van der Waals surface area contributed by atoms with Crippen molar-refractivity contribution in [3.8, 4) is 0 Å². The molecule has 4 rings (SSSR count). The number of hydrogen-bond acceptors (Lipinski definition) is 4. The highest BCUT2D eigenvalue weighted by atomic mass is 16.2. The van der Waals surface area contributed by atoms with Crippen LogP contribution in [0.1, 0.15) is 22.3 Å². The standard InChI is InChI=1S/C19H21N5O/c20-9-15-6-7-23(12-15)19(25)17-8-16-11-22-24(18(16)21-10-17)13-14-4-2-1-3-5-14/h1-5,8,10-11,15H,6-7,9,12-13,20H2/t15-/m0/s1. The molecule has 1 atom stereocenters. The molecule has 1 aliphatic rings. The molecule has 0 spiro atoms. The van der Waals surface area contributed by atoms with Gasteiger partial charge in [0.1, 0.15) is 0 Å². The molecular weight excluding hydrogens is 314 g/mol. The zero-order chi connectivity index (χ0) is 17.2. The summed E-state index contributed by atoms with van der Waals surface area (Å²) in [5.41, 5.74) is 8.29.